The van der Waals surface area contributed by atoms with Gasteiger partial charge >= 0.3 is 18.1 Å². The first-order valence-corrected chi connectivity index (χ1v) is 18.0. The van der Waals surface area contributed by atoms with E-state index in [0.717, 1.165) is 40.9 Å². The number of urea groups is 1. The first-order chi connectivity index (χ1) is 25.5. The Bertz CT molecular complexity index is 1900. The second-order valence-corrected chi connectivity index (χ2v) is 14.4. The molecule has 0 spiro atoms. The Labute approximate surface area is 310 Å². The molecule has 0 radical (unpaired) electrons. The Hall–Kier alpha value is -5.71. The van der Waals surface area contributed by atoms with Gasteiger partial charge in [0.1, 0.15) is 23.8 Å². The molecule has 276 valence electrons. The summed E-state index contributed by atoms with van der Waals surface area (Å²) in [6.45, 7) is 6.01. The summed E-state index contributed by atoms with van der Waals surface area (Å²) in [6.07, 6.45) is 3.60. The predicted molar refractivity (Wildman–Crippen MR) is 199 cm³/mol. The monoisotopic (exact) mass is 718 g/mol. The molecule has 1 unspecified atom stereocenters. The smallest absolute Gasteiger partial charge is 0.416 e. The van der Waals surface area contributed by atoms with Gasteiger partial charge in [0.05, 0.1) is 25.6 Å². The number of piperidine rings is 1. The summed E-state index contributed by atoms with van der Waals surface area (Å²) in [7, 11) is 1.59. The number of hydrogen-bond acceptors (Lipinski definition) is 8. The predicted octanol–water partition coefficient (Wildman–Crippen LogP) is 7.49. The molecule has 1 aromatic heterocycles. The summed E-state index contributed by atoms with van der Waals surface area (Å²) in [5.41, 5.74) is 2.49. The van der Waals surface area contributed by atoms with Gasteiger partial charge in [0.2, 0.25) is 5.91 Å². The number of benzene rings is 3. The maximum Gasteiger partial charge on any atom is 0.416 e. The molecule has 0 N–H and O–H groups in total. The molecule has 11 heteroatoms. The Kier molecular flexibility index (Phi) is 11.4. The second kappa shape index (κ2) is 16.3. The summed E-state index contributed by atoms with van der Waals surface area (Å²) in [4.78, 5) is 64.4. The van der Waals surface area contributed by atoms with E-state index in [-0.39, 0.29) is 25.6 Å². The van der Waals surface area contributed by atoms with Gasteiger partial charge in [-0.3, -0.25) is 9.69 Å². The van der Waals surface area contributed by atoms with Crippen LogP contribution in [0, 0.1) is 5.92 Å². The van der Waals surface area contributed by atoms with Gasteiger partial charge < -0.3 is 19.1 Å². The number of carbonyl (C=O) groups excluding carboxylic acids is 4. The number of ether oxygens (including phenoxy) is 3. The topological polar surface area (TPSA) is 119 Å². The van der Waals surface area contributed by atoms with Gasteiger partial charge in [-0.2, -0.15) is 0 Å². The average molecular weight is 719 g/mol. The molecule has 2 aliphatic rings. The zero-order chi connectivity index (χ0) is 37.5. The van der Waals surface area contributed by atoms with Gasteiger partial charge in [-0.05, 0) is 93.0 Å². The fourth-order valence-corrected chi connectivity index (χ4v) is 6.82. The van der Waals surface area contributed by atoms with Crippen molar-refractivity contribution < 1.29 is 33.4 Å². The highest BCUT2D eigenvalue weighted by atomic mass is 16.6. The average Bonchev–Trinajstić information content (AvgIpc) is 3.17. The zero-order valence-electron chi connectivity index (χ0n) is 30.6. The summed E-state index contributed by atoms with van der Waals surface area (Å²) >= 11 is 0. The van der Waals surface area contributed by atoms with Crippen LogP contribution in [0.2, 0.25) is 0 Å². The van der Waals surface area contributed by atoms with Crippen molar-refractivity contribution in [3.8, 4) is 5.75 Å². The number of anilines is 1. The lowest BCUT2D eigenvalue weighted by Crippen LogP contribution is -2.69. The lowest BCUT2D eigenvalue weighted by molar-refractivity contribution is -0.171. The minimum atomic E-state index is -1.13. The lowest BCUT2D eigenvalue weighted by Gasteiger charge is -2.47. The number of methoxy groups -OCH3 is 1. The highest BCUT2D eigenvalue weighted by molar-refractivity contribution is 6.08. The van der Waals surface area contributed by atoms with Crippen LogP contribution in [-0.2, 0) is 38.6 Å². The van der Waals surface area contributed by atoms with Gasteiger partial charge in [0.25, 0.3) is 0 Å². The number of amides is 4. The number of pyridine rings is 1. The van der Waals surface area contributed by atoms with Crippen molar-refractivity contribution in [3.63, 3.8) is 0 Å². The van der Waals surface area contributed by atoms with E-state index in [1.807, 2.05) is 84.9 Å². The Morgan fingerprint density at radius 2 is 1.57 bits per heavy atom. The van der Waals surface area contributed by atoms with E-state index in [2.05, 4.69) is 4.98 Å². The van der Waals surface area contributed by atoms with E-state index in [1.165, 1.54) is 4.90 Å². The number of esters is 1. The normalized spacial score (nSPS) is 18.5. The maximum absolute atomic E-state index is 14.3. The molecular formula is C42H46N4O7. The number of aromatic nitrogens is 1. The number of likely N-dealkylation sites (tertiary alicyclic amines) is 2. The Morgan fingerprint density at radius 1 is 0.868 bits per heavy atom. The number of rotatable bonds is 10. The van der Waals surface area contributed by atoms with Crippen LogP contribution < -0.4 is 9.64 Å². The molecule has 3 atom stereocenters. The summed E-state index contributed by atoms with van der Waals surface area (Å²) in [5, 5.41) is 0. The van der Waals surface area contributed by atoms with Crippen molar-refractivity contribution in [1.29, 1.82) is 0 Å². The Morgan fingerprint density at radius 3 is 2.25 bits per heavy atom. The molecule has 0 saturated carbocycles. The first kappa shape index (κ1) is 37.1. The number of imide groups is 1. The molecule has 4 amide bonds. The minimum absolute atomic E-state index is 0.00504. The van der Waals surface area contributed by atoms with Crippen molar-refractivity contribution in [1.82, 2.24) is 14.8 Å². The largest absolute Gasteiger partial charge is 0.497 e. The van der Waals surface area contributed by atoms with Gasteiger partial charge in [-0.15, -0.1) is 0 Å². The SMILES string of the molecule is COc1ccc(CN(C(=O)OC(C)(C)C)c2cc(C[C@H]3C(=O)N(C(=O)N4CCCCC4c4ccccc4)[C@@H]3C(=O)OCc3ccccc3)ccn2)cc1. The van der Waals surface area contributed by atoms with E-state index >= 15 is 0 Å². The maximum atomic E-state index is 14.3. The van der Waals surface area contributed by atoms with Crippen LogP contribution in [-0.4, -0.2) is 64.1 Å². The van der Waals surface area contributed by atoms with E-state index in [4.69, 9.17) is 14.2 Å². The van der Waals surface area contributed by atoms with Crippen molar-refractivity contribution >= 4 is 29.8 Å². The van der Waals surface area contributed by atoms with Crippen LogP contribution in [0.5, 0.6) is 5.75 Å². The van der Waals surface area contributed by atoms with E-state index in [0.29, 0.717) is 23.7 Å². The van der Waals surface area contributed by atoms with E-state index < -0.39 is 41.6 Å². The van der Waals surface area contributed by atoms with E-state index in [9.17, 15) is 19.2 Å². The molecule has 2 fully saturated rings. The standard InChI is InChI=1S/C42H46N4O7/c1-42(2,3)53-41(50)45(27-29-18-20-33(51-4)21-19-29)36-26-31(22-23-43-36)25-34-37(39(48)52-28-30-13-7-5-8-14-30)46(38(34)47)40(49)44-24-12-11-17-35(44)32-15-9-6-10-16-32/h5-10,13-16,18-23,26,34-35,37H,11-12,17,24-25,27-28H2,1-4H3/t34-,35?,37+/m1/s1. The molecule has 3 heterocycles. The molecule has 0 bridgehead atoms. The molecule has 3 aromatic carbocycles. The van der Waals surface area contributed by atoms with Gasteiger partial charge in [-0.1, -0.05) is 72.8 Å². The summed E-state index contributed by atoms with van der Waals surface area (Å²) in [5.74, 6) is -0.967. The number of nitrogens with zero attached hydrogens (tertiary/aromatic N) is 4. The van der Waals surface area contributed by atoms with Crippen LogP contribution in [0.15, 0.2) is 103 Å². The van der Waals surface area contributed by atoms with E-state index in [1.54, 1.807) is 51.1 Å². The van der Waals surface area contributed by atoms with Crippen LogP contribution in [0.3, 0.4) is 0 Å². The van der Waals surface area contributed by atoms with Crippen molar-refractivity contribution in [2.24, 2.45) is 5.92 Å². The first-order valence-electron chi connectivity index (χ1n) is 18.0. The molecule has 4 aromatic rings. The summed E-state index contributed by atoms with van der Waals surface area (Å²) < 4.78 is 16.8. The second-order valence-electron chi connectivity index (χ2n) is 14.4. The summed E-state index contributed by atoms with van der Waals surface area (Å²) in [6, 6.07) is 28.0. The molecule has 2 aliphatic heterocycles. The van der Waals surface area contributed by atoms with Crippen molar-refractivity contribution in [2.75, 3.05) is 18.6 Å². The quantitative estimate of drug-likeness (QED) is 0.122. The Balaban J connectivity index is 1.27. The third kappa shape index (κ3) is 8.85. The van der Waals surface area contributed by atoms with Crippen LogP contribution in [0.1, 0.15) is 68.3 Å². The fraction of sp³-hybridized carbons (Fsp3) is 0.357. The number of β-lactam (4-membered cyclic amide) rings is 1. The molecule has 53 heavy (non-hydrogen) atoms. The molecule has 2 saturated heterocycles. The fourth-order valence-electron chi connectivity index (χ4n) is 6.82. The van der Waals surface area contributed by atoms with Crippen LogP contribution in [0.4, 0.5) is 15.4 Å². The minimum Gasteiger partial charge on any atom is -0.497 e. The number of carbonyl (C=O) groups is 4. The highest BCUT2D eigenvalue weighted by Crippen LogP contribution is 2.38. The zero-order valence-corrected chi connectivity index (χ0v) is 30.6. The molecular weight excluding hydrogens is 672 g/mol. The third-order valence-electron chi connectivity index (χ3n) is 9.47. The van der Waals surface area contributed by atoms with Crippen molar-refractivity contribution in [3.05, 3.63) is 126 Å². The van der Waals surface area contributed by atoms with Gasteiger partial charge in [0.15, 0.2) is 6.04 Å². The molecule has 6 rings (SSSR count). The molecule has 11 nitrogen and oxygen atoms in total. The van der Waals surface area contributed by atoms with Crippen LogP contribution in [0.25, 0.3) is 0 Å². The number of hydrogen-bond donors (Lipinski definition) is 0. The third-order valence-corrected chi connectivity index (χ3v) is 9.47. The van der Waals surface area contributed by atoms with Crippen molar-refractivity contribution in [2.45, 2.75) is 77.3 Å². The molecule has 0 aliphatic carbocycles. The van der Waals surface area contributed by atoms with Gasteiger partial charge in [0, 0.05) is 12.7 Å². The highest BCUT2D eigenvalue weighted by Gasteiger charge is 2.56. The van der Waals surface area contributed by atoms with Gasteiger partial charge in [-0.25, -0.2) is 24.3 Å². The lowest BCUT2D eigenvalue weighted by atomic mass is 9.82. The van der Waals surface area contributed by atoms with Crippen LogP contribution >= 0.6 is 0 Å².